The minimum atomic E-state index is -1.76. The molecule has 4 heterocycles. The molecule has 0 spiro atoms. The highest BCUT2D eigenvalue weighted by Crippen LogP contribution is 2.42. The average Bonchev–Trinajstić information content (AvgIpc) is 3.14. The number of aryl methyl sites for hydroxylation is 2. The quantitative estimate of drug-likeness (QED) is 0.360. The highest BCUT2D eigenvalue weighted by molar-refractivity contribution is 7.71. The van der Waals surface area contributed by atoms with Crippen LogP contribution in [0.1, 0.15) is 47.6 Å². The Kier molecular flexibility index (Phi) is 4.92. The first-order valence-electron chi connectivity index (χ1n) is 10.7. The largest absolute Gasteiger partial charge is 0.458 e. The van der Waals surface area contributed by atoms with E-state index in [1.54, 1.807) is 26.0 Å². The number of esters is 1. The molecule has 3 aromatic rings. The third-order valence-electron chi connectivity index (χ3n) is 6.67. The van der Waals surface area contributed by atoms with E-state index >= 15 is 0 Å². The average molecular weight is 455 g/mol. The van der Waals surface area contributed by atoms with E-state index < -0.39 is 11.6 Å². The van der Waals surface area contributed by atoms with Crippen LogP contribution in [-0.2, 0) is 34.7 Å². The number of hydrogen-bond acceptors (Lipinski definition) is 6. The Bertz CT molecular complexity index is 1370. The van der Waals surface area contributed by atoms with Gasteiger partial charge in [0.25, 0.3) is 0 Å². The van der Waals surface area contributed by atoms with Gasteiger partial charge in [0, 0.05) is 34.7 Å². The van der Waals surface area contributed by atoms with Crippen molar-refractivity contribution in [3.8, 4) is 11.4 Å². The number of carbonyl (C=O) groups is 1. The number of ether oxygens (including phenoxy) is 1. The van der Waals surface area contributed by atoms with Gasteiger partial charge in [-0.15, -0.1) is 0 Å². The number of carbonyl (C=O) groups excluding carboxylic acids is 1. The van der Waals surface area contributed by atoms with E-state index in [1.165, 1.54) is 6.07 Å². The Morgan fingerprint density at radius 1 is 1.31 bits per heavy atom. The van der Waals surface area contributed by atoms with Gasteiger partial charge in [0.05, 0.1) is 23.4 Å². The predicted molar refractivity (Wildman–Crippen MR) is 119 cm³/mol. The third-order valence-corrected chi connectivity index (χ3v) is 7.14. The monoisotopic (exact) mass is 454 g/mol. The molecule has 8 heteroatoms. The van der Waals surface area contributed by atoms with Gasteiger partial charge in [0.2, 0.25) is 0 Å². The number of aliphatic hydroxyl groups is 2. The highest BCUT2D eigenvalue weighted by atomic mass is 32.1. The summed E-state index contributed by atoms with van der Waals surface area (Å²) in [4.78, 5) is 17.2. The zero-order valence-corrected chi connectivity index (χ0v) is 18.7. The SMILES string of the molecule is CC[C@@]1(O)C(=O)OCc2c1cc1n(c2=S)Cc2c-1nc1cc(F)c(C)cc1c2CCCO. The summed E-state index contributed by atoms with van der Waals surface area (Å²) in [5.41, 5.74) is 3.72. The van der Waals surface area contributed by atoms with Crippen LogP contribution in [0.2, 0.25) is 0 Å². The fourth-order valence-corrected chi connectivity index (χ4v) is 5.16. The minimum Gasteiger partial charge on any atom is -0.458 e. The molecule has 6 nitrogen and oxygen atoms in total. The topological polar surface area (TPSA) is 84.6 Å². The number of aromatic nitrogens is 2. The number of nitrogens with zero attached hydrogens (tertiary/aromatic N) is 2. The lowest BCUT2D eigenvalue weighted by Gasteiger charge is -2.32. The van der Waals surface area contributed by atoms with Crippen molar-refractivity contribution in [1.29, 1.82) is 0 Å². The molecule has 1 atom stereocenters. The molecule has 0 radical (unpaired) electrons. The van der Waals surface area contributed by atoms with Crippen molar-refractivity contribution in [3.05, 3.63) is 56.5 Å². The standard InChI is InChI=1S/C24H23FN2O4S/c1-3-24(30)17-8-20-21-15(10-27(20)22(32)16(17)11-31-23(24)29)13(5-4-6-28)14-7-12(2)18(25)9-19(14)26-21/h7-9,28,30H,3-6,10-11H2,1-2H3/t24-/m0/s1. The van der Waals surface area contributed by atoms with E-state index in [1.807, 2.05) is 4.57 Å². The van der Waals surface area contributed by atoms with Gasteiger partial charge < -0.3 is 19.5 Å². The van der Waals surface area contributed by atoms with Crippen molar-refractivity contribution < 1.29 is 24.1 Å². The molecule has 166 valence electrons. The van der Waals surface area contributed by atoms with Crippen LogP contribution in [0.4, 0.5) is 4.39 Å². The van der Waals surface area contributed by atoms with Crippen LogP contribution < -0.4 is 0 Å². The Labute approximate surface area is 189 Å². The van der Waals surface area contributed by atoms with Gasteiger partial charge in [-0.1, -0.05) is 19.1 Å². The lowest BCUT2D eigenvalue weighted by Crippen LogP contribution is -2.41. The molecule has 2 N–H and O–H groups in total. The minimum absolute atomic E-state index is 0.0170. The second kappa shape index (κ2) is 7.43. The Hall–Kier alpha value is -2.68. The smallest absolute Gasteiger partial charge is 0.343 e. The summed E-state index contributed by atoms with van der Waals surface area (Å²) in [5, 5.41) is 21.4. The zero-order chi connectivity index (χ0) is 22.8. The van der Waals surface area contributed by atoms with Gasteiger partial charge in [-0.2, -0.15) is 0 Å². The first-order valence-corrected chi connectivity index (χ1v) is 11.1. The number of hydrogen-bond donors (Lipinski definition) is 2. The van der Waals surface area contributed by atoms with Gasteiger partial charge in [0.1, 0.15) is 17.1 Å². The van der Waals surface area contributed by atoms with Crippen LogP contribution in [0, 0.1) is 17.4 Å². The van der Waals surface area contributed by atoms with Gasteiger partial charge in [-0.25, -0.2) is 14.2 Å². The molecule has 0 amide bonds. The van der Waals surface area contributed by atoms with E-state index in [9.17, 15) is 19.4 Å². The summed E-state index contributed by atoms with van der Waals surface area (Å²) in [6, 6.07) is 5.02. The number of fused-ring (bicyclic) bond motifs is 5. The van der Waals surface area contributed by atoms with E-state index in [2.05, 4.69) is 0 Å². The van der Waals surface area contributed by atoms with Crippen LogP contribution >= 0.6 is 12.2 Å². The molecular weight excluding hydrogens is 431 g/mol. The summed E-state index contributed by atoms with van der Waals surface area (Å²) < 4.78 is 22.0. The number of cyclic esters (lactones) is 1. The molecule has 0 unspecified atom stereocenters. The van der Waals surface area contributed by atoms with Crippen LogP contribution in [0.3, 0.4) is 0 Å². The van der Waals surface area contributed by atoms with Crippen molar-refractivity contribution in [2.75, 3.05) is 6.61 Å². The van der Waals surface area contributed by atoms with Crippen LogP contribution in [0.15, 0.2) is 18.2 Å². The number of benzene rings is 1. The second-order valence-corrected chi connectivity index (χ2v) is 8.85. The number of aliphatic hydroxyl groups excluding tert-OH is 1. The summed E-state index contributed by atoms with van der Waals surface area (Å²) in [5.74, 6) is -1.01. The summed E-state index contributed by atoms with van der Waals surface area (Å²) in [6.07, 6.45) is 1.34. The lowest BCUT2D eigenvalue weighted by molar-refractivity contribution is -0.172. The molecule has 0 bridgehead atoms. The summed E-state index contributed by atoms with van der Waals surface area (Å²) in [6.45, 7) is 3.98. The number of rotatable bonds is 4. The summed E-state index contributed by atoms with van der Waals surface area (Å²) >= 11 is 5.75. The molecule has 1 aromatic carbocycles. The molecule has 0 aliphatic carbocycles. The third kappa shape index (κ3) is 2.86. The van der Waals surface area contributed by atoms with E-state index in [4.69, 9.17) is 21.9 Å². The molecule has 2 aromatic heterocycles. The van der Waals surface area contributed by atoms with Crippen LogP contribution in [-0.4, -0.2) is 32.3 Å². The van der Waals surface area contributed by atoms with E-state index in [0.29, 0.717) is 57.6 Å². The maximum absolute atomic E-state index is 14.4. The van der Waals surface area contributed by atoms with E-state index in [0.717, 1.165) is 16.5 Å². The van der Waals surface area contributed by atoms with E-state index in [-0.39, 0.29) is 25.5 Å². The molecule has 2 aliphatic rings. The number of pyridine rings is 2. The molecule has 5 rings (SSSR count). The number of halogens is 1. The van der Waals surface area contributed by atoms with Gasteiger partial charge in [-0.05, 0) is 49.4 Å². The molecule has 0 saturated carbocycles. The normalized spacial score (nSPS) is 19.0. The summed E-state index contributed by atoms with van der Waals surface area (Å²) in [7, 11) is 0. The maximum atomic E-state index is 14.4. The van der Waals surface area contributed by atoms with Crippen LogP contribution in [0.25, 0.3) is 22.3 Å². The fourth-order valence-electron chi connectivity index (χ4n) is 4.83. The lowest BCUT2D eigenvalue weighted by atomic mass is 9.86. The Balaban J connectivity index is 1.81. The van der Waals surface area contributed by atoms with Crippen LogP contribution in [0.5, 0.6) is 0 Å². The molecule has 0 saturated heterocycles. The van der Waals surface area contributed by atoms with Crippen molar-refractivity contribution >= 4 is 29.1 Å². The maximum Gasteiger partial charge on any atom is 0.343 e. The van der Waals surface area contributed by atoms with Gasteiger partial charge in [0.15, 0.2) is 5.60 Å². The molecule has 32 heavy (non-hydrogen) atoms. The second-order valence-electron chi connectivity index (χ2n) is 8.47. The first-order chi connectivity index (χ1) is 15.3. The molecular formula is C24H23FN2O4S. The van der Waals surface area contributed by atoms with Gasteiger partial charge >= 0.3 is 5.97 Å². The zero-order valence-electron chi connectivity index (χ0n) is 17.9. The van der Waals surface area contributed by atoms with Crippen molar-refractivity contribution in [2.45, 2.75) is 51.9 Å². The fraction of sp³-hybridized carbons (Fsp3) is 0.375. The van der Waals surface area contributed by atoms with Crippen molar-refractivity contribution in [3.63, 3.8) is 0 Å². The Morgan fingerprint density at radius 3 is 2.81 bits per heavy atom. The first kappa shape index (κ1) is 21.2. The van der Waals surface area contributed by atoms with Crippen molar-refractivity contribution in [2.24, 2.45) is 0 Å². The van der Waals surface area contributed by atoms with Crippen molar-refractivity contribution in [1.82, 2.24) is 9.55 Å². The Morgan fingerprint density at radius 2 is 2.09 bits per heavy atom. The molecule has 2 aliphatic heterocycles. The molecule has 0 fully saturated rings. The highest BCUT2D eigenvalue weighted by Gasteiger charge is 2.44. The predicted octanol–water partition coefficient (Wildman–Crippen LogP) is 3.82. The van der Waals surface area contributed by atoms with Gasteiger partial charge in [-0.3, -0.25) is 0 Å².